The number of carbonyl (C=O) groups excluding carboxylic acids is 1. The number of ether oxygens (including phenoxy) is 1. The molecule has 2 aromatic carbocycles. The maximum Gasteiger partial charge on any atom is 0.335 e. The van der Waals surface area contributed by atoms with Crippen molar-refractivity contribution in [2.24, 2.45) is 4.99 Å². The molecule has 6 nitrogen and oxygen atoms in total. The fraction of sp³-hybridized carbons (Fsp3) is 0.433. The second-order valence-corrected chi connectivity index (χ2v) is 11.7. The van der Waals surface area contributed by atoms with E-state index in [4.69, 9.17) is 21.3 Å². The molecule has 2 aromatic rings. The summed E-state index contributed by atoms with van der Waals surface area (Å²) in [5, 5.41) is 10.5. The first-order chi connectivity index (χ1) is 18.5. The number of amides is 1. The second kappa shape index (κ2) is 12.4. The molecule has 0 unspecified atom stereocenters. The molecule has 0 radical (unpaired) electrons. The molecule has 0 bridgehead atoms. The fourth-order valence-electron chi connectivity index (χ4n) is 5.43. The summed E-state index contributed by atoms with van der Waals surface area (Å²) in [6.07, 6.45) is 13.4. The molecule has 3 aliphatic rings. The van der Waals surface area contributed by atoms with Crippen molar-refractivity contribution in [3.63, 3.8) is 0 Å². The minimum absolute atomic E-state index is 0.0474. The second-order valence-electron chi connectivity index (χ2n) is 10.3. The van der Waals surface area contributed by atoms with E-state index in [1.165, 1.54) is 37.4 Å². The summed E-state index contributed by atoms with van der Waals surface area (Å²) in [6, 6.07) is 12.7. The Kier molecular flexibility index (Phi) is 8.75. The number of aromatic carboxylic acids is 1. The Labute approximate surface area is 233 Å². The van der Waals surface area contributed by atoms with E-state index in [-0.39, 0.29) is 24.1 Å². The summed E-state index contributed by atoms with van der Waals surface area (Å²) in [7, 11) is 0. The Bertz CT molecular complexity index is 1250. The minimum atomic E-state index is -0.976. The van der Waals surface area contributed by atoms with Gasteiger partial charge in [0.05, 0.1) is 21.5 Å². The first-order valence-corrected chi connectivity index (χ1v) is 14.7. The van der Waals surface area contributed by atoms with Crippen LogP contribution in [0.2, 0.25) is 5.02 Å². The molecular weight excluding hydrogens is 520 g/mol. The molecule has 0 aromatic heterocycles. The number of carbonyl (C=O) groups is 2. The molecule has 1 aliphatic heterocycles. The standard InChI is InChI=1S/C30H33ClN2O4S/c31-25-17-20(14-15-26(25)37-19-21-8-7-9-22(16-21)29(35)36)18-27-28(34)33(24-12-5-2-6-13-24)30(38-27)32-23-10-3-1-4-11-23/h7-9,14-18,23-24H,1-6,10-13,19H2,(H,35,36). The van der Waals surface area contributed by atoms with Crippen LogP contribution in [0, 0.1) is 0 Å². The van der Waals surface area contributed by atoms with E-state index >= 15 is 0 Å². The lowest BCUT2D eigenvalue weighted by molar-refractivity contribution is -0.124. The van der Waals surface area contributed by atoms with Gasteiger partial charge >= 0.3 is 5.97 Å². The van der Waals surface area contributed by atoms with Crippen LogP contribution < -0.4 is 4.74 Å². The highest BCUT2D eigenvalue weighted by molar-refractivity contribution is 8.18. The van der Waals surface area contributed by atoms with Gasteiger partial charge in [-0.3, -0.25) is 14.7 Å². The number of hydrogen-bond donors (Lipinski definition) is 1. The van der Waals surface area contributed by atoms with Crippen LogP contribution >= 0.6 is 23.4 Å². The van der Waals surface area contributed by atoms with E-state index < -0.39 is 5.97 Å². The van der Waals surface area contributed by atoms with Crippen molar-refractivity contribution in [3.05, 3.63) is 69.1 Å². The van der Waals surface area contributed by atoms with Crippen LogP contribution in [0.3, 0.4) is 0 Å². The average Bonchev–Trinajstić information content (AvgIpc) is 3.23. The molecule has 1 heterocycles. The number of carboxylic acid groups (broad SMARTS) is 1. The number of amidine groups is 1. The number of rotatable bonds is 7. The number of hydrogen-bond acceptors (Lipinski definition) is 5. The number of aliphatic imine (C=N–C) groups is 1. The van der Waals surface area contributed by atoms with Gasteiger partial charge in [0.2, 0.25) is 0 Å². The molecule has 200 valence electrons. The van der Waals surface area contributed by atoms with Gasteiger partial charge in [0.25, 0.3) is 5.91 Å². The van der Waals surface area contributed by atoms with Crippen molar-refractivity contribution in [1.29, 1.82) is 0 Å². The van der Waals surface area contributed by atoms with Gasteiger partial charge in [0, 0.05) is 6.04 Å². The van der Waals surface area contributed by atoms with Crippen LogP contribution in [-0.4, -0.2) is 39.1 Å². The largest absolute Gasteiger partial charge is 0.487 e. The van der Waals surface area contributed by atoms with E-state index in [9.17, 15) is 14.7 Å². The smallest absolute Gasteiger partial charge is 0.335 e. The molecule has 1 saturated heterocycles. The topological polar surface area (TPSA) is 79.2 Å². The van der Waals surface area contributed by atoms with Gasteiger partial charge < -0.3 is 9.84 Å². The number of thioether (sulfide) groups is 1. The molecule has 3 fully saturated rings. The molecule has 5 rings (SSSR count). The van der Waals surface area contributed by atoms with Gasteiger partial charge in [0.15, 0.2) is 5.17 Å². The van der Waals surface area contributed by atoms with Crippen LogP contribution in [0.1, 0.15) is 85.7 Å². The first-order valence-electron chi connectivity index (χ1n) is 13.5. The number of carboxylic acids is 1. The number of halogens is 1. The molecule has 38 heavy (non-hydrogen) atoms. The Balaban J connectivity index is 1.32. The van der Waals surface area contributed by atoms with Crippen LogP contribution in [0.5, 0.6) is 5.75 Å². The van der Waals surface area contributed by atoms with Crippen molar-refractivity contribution in [2.45, 2.75) is 82.9 Å². The Morgan fingerprint density at radius 2 is 1.79 bits per heavy atom. The number of nitrogens with zero attached hydrogens (tertiary/aromatic N) is 2. The lowest BCUT2D eigenvalue weighted by Gasteiger charge is -2.31. The zero-order chi connectivity index (χ0) is 26.5. The highest BCUT2D eigenvalue weighted by Crippen LogP contribution is 2.39. The average molecular weight is 553 g/mol. The monoisotopic (exact) mass is 552 g/mol. The van der Waals surface area contributed by atoms with Crippen LogP contribution in [0.15, 0.2) is 52.4 Å². The lowest BCUT2D eigenvalue weighted by Crippen LogP contribution is -2.41. The maximum absolute atomic E-state index is 13.6. The third-order valence-corrected chi connectivity index (χ3v) is 8.76. The van der Waals surface area contributed by atoms with Crippen LogP contribution in [-0.2, 0) is 11.4 Å². The zero-order valence-electron chi connectivity index (χ0n) is 21.4. The molecule has 8 heteroatoms. The van der Waals surface area contributed by atoms with Gasteiger partial charge in [-0.05, 0) is 78.9 Å². The third kappa shape index (κ3) is 6.44. The molecular formula is C30H33ClN2O4S. The van der Waals surface area contributed by atoms with E-state index in [1.54, 1.807) is 30.3 Å². The van der Waals surface area contributed by atoms with E-state index in [0.29, 0.717) is 21.7 Å². The lowest BCUT2D eigenvalue weighted by atomic mass is 9.94. The third-order valence-electron chi connectivity index (χ3n) is 7.47. The minimum Gasteiger partial charge on any atom is -0.487 e. The molecule has 2 aliphatic carbocycles. The van der Waals surface area contributed by atoms with Gasteiger partial charge in [-0.25, -0.2) is 4.79 Å². The van der Waals surface area contributed by atoms with E-state index in [2.05, 4.69) is 0 Å². The summed E-state index contributed by atoms with van der Waals surface area (Å²) in [5.41, 5.74) is 1.79. The predicted octanol–water partition coefficient (Wildman–Crippen LogP) is 7.55. The summed E-state index contributed by atoms with van der Waals surface area (Å²) < 4.78 is 5.86. The van der Waals surface area contributed by atoms with Gasteiger partial charge in [-0.15, -0.1) is 0 Å². The van der Waals surface area contributed by atoms with Crippen LogP contribution in [0.25, 0.3) is 6.08 Å². The summed E-state index contributed by atoms with van der Waals surface area (Å²) in [6.45, 7) is 0.201. The van der Waals surface area contributed by atoms with Crippen molar-refractivity contribution in [1.82, 2.24) is 4.90 Å². The predicted molar refractivity (Wildman–Crippen MR) is 153 cm³/mol. The van der Waals surface area contributed by atoms with Gasteiger partial charge in [0.1, 0.15) is 12.4 Å². The van der Waals surface area contributed by atoms with Crippen molar-refractivity contribution in [2.75, 3.05) is 0 Å². The maximum atomic E-state index is 13.6. The fourth-order valence-corrected chi connectivity index (χ4v) is 6.79. The Hall–Kier alpha value is -2.77. The van der Waals surface area contributed by atoms with Crippen LogP contribution in [0.4, 0.5) is 0 Å². The normalized spacial score (nSPS) is 21.4. The Morgan fingerprint density at radius 1 is 1.05 bits per heavy atom. The SMILES string of the molecule is O=C(O)c1cccc(COc2ccc(C=C3SC(=NC4CCCCC4)N(C4CCCCC4)C3=O)cc2Cl)c1. The van der Waals surface area contributed by atoms with Crippen molar-refractivity contribution in [3.8, 4) is 5.75 Å². The first kappa shape index (κ1) is 26.8. The molecule has 1 amide bonds. The van der Waals surface area contributed by atoms with Gasteiger partial charge in [-0.1, -0.05) is 68.3 Å². The summed E-state index contributed by atoms with van der Waals surface area (Å²) in [5.74, 6) is -0.426. The zero-order valence-corrected chi connectivity index (χ0v) is 23.0. The molecule has 0 spiro atoms. The van der Waals surface area contributed by atoms with E-state index in [0.717, 1.165) is 54.8 Å². The molecule has 2 saturated carbocycles. The number of benzene rings is 2. The molecule has 0 atom stereocenters. The highest BCUT2D eigenvalue weighted by Gasteiger charge is 2.39. The summed E-state index contributed by atoms with van der Waals surface area (Å²) >= 11 is 8.03. The Morgan fingerprint density at radius 3 is 2.50 bits per heavy atom. The van der Waals surface area contributed by atoms with E-state index in [1.807, 2.05) is 23.1 Å². The van der Waals surface area contributed by atoms with Gasteiger partial charge in [-0.2, -0.15) is 0 Å². The molecule has 1 N–H and O–H groups in total. The van der Waals surface area contributed by atoms with Crippen molar-refractivity contribution >= 4 is 46.5 Å². The highest BCUT2D eigenvalue weighted by atomic mass is 35.5. The van der Waals surface area contributed by atoms with Crippen molar-refractivity contribution < 1.29 is 19.4 Å². The quantitative estimate of drug-likeness (QED) is 0.359. The summed E-state index contributed by atoms with van der Waals surface area (Å²) in [4.78, 5) is 32.6.